The van der Waals surface area contributed by atoms with E-state index in [4.69, 9.17) is 0 Å². The number of thiazole rings is 1. The first kappa shape index (κ1) is 6.98. The predicted octanol–water partition coefficient (Wildman–Crippen LogP) is 2.04. The lowest BCUT2D eigenvalue weighted by molar-refractivity contribution is 0.0971. The maximum absolute atomic E-state index is 11.5. The minimum atomic E-state index is 0.310. The molecule has 0 aliphatic heterocycles. The highest BCUT2D eigenvalue weighted by Gasteiger charge is 2.32. The van der Waals surface area contributed by atoms with Crippen LogP contribution in [0.25, 0.3) is 0 Å². The summed E-state index contributed by atoms with van der Waals surface area (Å²) in [7, 11) is 0. The van der Waals surface area contributed by atoms with Gasteiger partial charge in [-0.3, -0.25) is 4.79 Å². The lowest BCUT2D eigenvalue weighted by Crippen LogP contribution is -1.99. The maximum Gasteiger partial charge on any atom is 0.177 e. The minimum absolute atomic E-state index is 0.310. The quantitative estimate of drug-likeness (QED) is 0.631. The third-order valence-corrected chi connectivity index (χ3v) is 2.86. The van der Waals surface area contributed by atoms with E-state index >= 15 is 0 Å². The van der Waals surface area contributed by atoms with Crippen molar-refractivity contribution in [1.82, 2.24) is 4.98 Å². The van der Waals surface area contributed by atoms with Crippen LogP contribution in [0.5, 0.6) is 0 Å². The van der Waals surface area contributed by atoms with Gasteiger partial charge in [0.05, 0.1) is 16.1 Å². The Hall–Kier alpha value is -0.700. The Morgan fingerprint density at radius 3 is 2.91 bits per heavy atom. The van der Waals surface area contributed by atoms with Gasteiger partial charge in [-0.2, -0.15) is 0 Å². The number of rotatable bonds is 2. The molecular weight excluding hydrogens is 158 g/mol. The fourth-order valence-electron chi connectivity index (χ4n) is 1.07. The lowest BCUT2D eigenvalue weighted by atomic mass is 10.2. The molecule has 0 amide bonds. The van der Waals surface area contributed by atoms with Crippen LogP contribution in [0, 0.1) is 12.8 Å². The number of Topliss-reactive ketones (excluding diaryl/α,β-unsaturated/α-hetero) is 1. The summed E-state index contributed by atoms with van der Waals surface area (Å²) in [6, 6.07) is 0. The molecule has 58 valence electrons. The average Bonchev–Trinajstić information content (AvgIpc) is 2.74. The molecule has 1 aliphatic carbocycles. The Kier molecular flexibility index (Phi) is 1.53. The molecule has 2 rings (SSSR count). The SMILES string of the molecule is Cc1ncsc1C(=O)C1CC1. The molecule has 1 aliphatic rings. The van der Waals surface area contributed by atoms with Crippen LogP contribution in [-0.4, -0.2) is 10.8 Å². The van der Waals surface area contributed by atoms with Gasteiger partial charge in [0.15, 0.2) is 5.78 Å². The lowest BCUT2D eigenvalue weighted by Gasteiger charge is -1.92. The van der Waals surface area contributed by atoms with Crippen LogP contribution in [0.3, 0.4) is 0 Å². The number of ketones is 1. The zero-order valence-electron chi connectivity index (χ0n) is 6.33. The van der Waals surface area contributed by atoms with Crippen LogP contribution in [0.2, 0.25) is 0 Å². The smallest absolute Gasteiger partial charge is 0.177 e. The van der Waals surface area contributed by atoms with Gasteiger partial charge in [-0.1, -0.05) is 0 Å². The first-order valence-electron chi connectivity index (χ1n) is 3.73. The fraction of sp³-hybridized carbons (Fsp3) is 0.500. The fourth-order valence-corrected chi connectivity index (χ4v) is 1.89. The second kappa shape index (κ2) is 2.41. The zero-order chi connectivity index (χ0) is 7.84. The van der Waals surface area contributed by atoms with Gasteiger partial charge in [0.1, 0.15) is 0 Å². The number of carbonyl (C=O) groups excluding carboxylic acids is 1. The van der Waals surface area contributed by atoms with Gasteiger partial charge < -0.3 is 0 Å². The normalized spacial score (nSPS) is 16.8. The largest absolute Gasteiger partial charge is 0.293 e. The molecule has 1 saturated carbocycles. The molecule has 1 aromatic heterocycles. The van der Waals surface area contributed by atoms with E-state index in [1.165, 1.54) is 11.3 Å². The summed E-state index contributed by atoms with van der Waals surface area (Å²) in [4.78, 5) is 16.4. The van der Waals surface area contributed by atoms with E-state index in [0.717, 1.165) is 23.4 Å². The molecular formula is C8H9NOS. The number of hydrogen-bond donors (Lipinski definition) is 0. The topological polar surface area (TPSA) is 30.0 Å². The van der Waals surface area contributed by atoms with Gasteiger partial charge in [0, 0.05) is 5.92 Å². The van der Waals surface area contributed by atoms with Gasteiger partial charge in [0.2, 0.25) is 0 Å². The summed E-state index contributed by atoms with van der Waals surface area (Å²) < 4.78 is 0. The highest BCUT2D eigenvalue weighted by Crippen LogP contribution is 2.34. The van der Waals surface area contributed by atoms with Crippen molar-refractivity contribution in [3.05, 3.63) is 16.1 Å². The molecule has 2 nitrogen and oxygen atoms in total. The number of carbonyl (C=O) groups is 1. The molecule has 0 saturated heterocycles. The van der Waals surface area contributed by atoms with Crippen molar-refractivity contribution in [2.45, 2.75) is 19.8 Å². The van der Waals surface area contributed by atoms with Crippen molar-refractivity contribution in [1.29, 1.82) is 0 Å². The minimum Gasteiger partial charge on any atom is -0.293 e. The summed E-state index contributed by atoms with van der Waals surface area (Å²) in [5, 5.41) is 0. The molecule has 11 heavy (non-hydrogen) atoms. The standard InChI is InChI=1S/C8H9NOS/c1-5-8(11-4-9-5)7(10)6-2-3-6/h4,6H,2-3H2,1H3. The highest BCUT2D eigenvalue weighted by atomic mass is 32.1. The Bertz CT molecular complexity index is 288. The summed E-state index contributed by atoms with van der Waals surface area (Å²) in [6.07, 6.45) is 2.16. The van der Waals surface area contributed by atoms with Crippen molar-refractivity contribution in [2.24, 2.45) is 5.92 Å². The number of aromatic nitrogens is 1. The Balaban J connectivity index is 2.27. The summed E-state index contributed by atoms with van der Waals surface area (Å²) in [5.41, 5.74) is 2.64. The van der Waals surface area contributed by atoms with Crippen molar-refractivity contribution in [3.63, 3.8) is 0 Å². The van der Waals surface area contributed by atoms with Crippen LogP contribution >= 0.6 is 11.3 Å². The Morgan fingerprint density at radius 2 is 2.45 bits per heavy atom. The Labute approximate surface area is 69.3 Å². The monoisotopic (exact) mass is 167 g/mol. The van der Waals surface area contributed by atoms with E-state index in [1.54, 1.807) is 5.51 Å². The van der Waals surface area contributed by atoms with Crippen LogP contribution in [0.4, 0.5) is 0 Å². The van der Waals surface area contributed by atoms with Gasteiger partial charge in [-0.05, 0) is 19.8 Å². The summed E-state index contributed by atoms with van der Waals surface area (Å²) in [6.45, 7) is 1.89. The van der Waals surface area contributed by atoms with E-state index in [0.29, 0.717) is 11.7 Å². The van der Waals surface area contributed by atoms with Crippen molar-refractivity contribution < 1.29 is 4.79 Å². The van der Waals surface area contributed by atoms with Gasteiger partial charge >= 0.3 is 0 Å². The molecule has 0 N–H and O–H groups in total. The van der Waals surface area contributed by atoms with Crippen molar-refractivity contribution in [2.75, 3.05) is 0 Å². The molecule has 0 atom stereocenters. The second-order valence-electron chi connectivity index (χ2n) is 2.91. The number of nitrogens with zero attached hydrogens (tertiary/aromatic N) is 1. The molecule has 0 aromatic carbocycles. The number of aryl methyl sites for hydroxylation is 1. The predicted molar refractivity (Wildman–Crippen MR) is 43.9 cm³/mol. The van der Waals surface area contributed by atoms with E-state index in [9.17, 15) is 4.79 Å². The van der Waals surface area contributed by atoms with Crippen LogP contribution in [0.15, 0.2) is 5.51 Å². The van der Waals surface area contributed by atoms with Gasteiger partial charge in [-0.15, -0.1) is 11.3 Å². The zero-order valence-corrected chi connectivity index (χ0v) is 7.15. The van der Waals surface area contributed by atoms with E-state index in [1.807, 2.05) is 6.92 Å². The average molecular weight is 167 g/mol. The van der Waals surface area contributed by atoms with Gasteiger partial charge in [0.25, 0.3) is 0 Å². The summed E-state index contributed by atoms with van der Waals surface area (Å²) in [5.74, 6) is 0.638. The molecule has 3 heteroatoms. The molecule has 0 spiro atoms. The highest BCUT2D eigenvalue weighted by molar-refractivity contribution is 7.12. The van der Waals surface area contributed by atoms with Crippen LogP contribution in [0.1, 0.15) is 28.2 Å². The third kappa shape index (κ3) is 1.20. The van der Waals surface area contributed by atoms with E-state index in [2.05, 4.69) is 4.98 Å². The molecule has 0 unspecified atom stereocenters. The Morgan fingerprint density at radius 1 is 1.73 bits per heavy atom. The maximum atomic E-state index is 11.5. The first-order valence-corrected chi connectivity index (χ1v) is 4.61. The number of hydrogen-bond acceptors (Lipinski definition) is 3. The van der Waals surface area contributed by atoms with E-state index < -0.39 is 0 Å². The van der Waals surface area contributed by atoms with Crippen molar-refractivity contribution in [3.8, 4) is 0 Å². The molecule has 1 aromatic rings. The molecule has 1 heterocycles. The first-order chi connectivity index (χ1) is 5.29. The van der Waals surface area contributed by atoms with Crippen LogP contribution < -0.4 is 0 Å². The van der Waals surface area contributed by atoms with Gasteiger partial charge in [-0.25, -0.2) is 4.98 Å². The van der Waals surface area contributed by atoms with Crippen molar-refractivity contribution >= 4 is 17.1 Å². The summed E-state index contributed by atoms with van der Waals surface area (Å²) >= 11 is 1.47. The van der Waals surface area contributed by atoms with E-state index in [-0.39, 0.29) is 0 Å². The third-order valence-electron chi connectivity index (χ3n) is 1.92. The second-order valence-corrected chi connectivity index (χ2v) is 3.76. The molecule has 0 bridgehead atoms. The molecule has 0 radical (unpaired) electrons. The molecule has 1 fully saturated rings. The van der Waals surface area contributed by atoms with Crippen LogP contribution in [-0.2, 0) is 0 Å².